The second-order valence-corrected chi connectivity index (χ2v) is 6.61. The van der Waals surface area contributed by atoms with Gasteiger partial charge in [0.15, 0.2) is 0 Å². The molecule has 0 saturated carbocycles. The Morgan fingerprint density at radius 2 is 2.26 bits per heavy atom. The maximum atomic E-state index is 12.5. The third-order valence-electron chi connectivity index (χ3n) is 5.06. The topological polar surface area (TPSA) is 54.7 Å². The zero-order chi connectivity index (χ0) is 16.2. The standard InChI is InChI=1S/C18H28N2O3/c1-3-14-8-9-17(23-14)16-7-4-10-20(16)13(2)18(21)19-12-15-6-5-11-22-15/h8-9,13,15-16H,3-7,10-12H2,1-2H3,(H,19,21). The fourth-order valence-electron chi connectivity index (χ4n) is 3.64. The van der Waals surface area contributed by atoms with Crippen molar-refractivity contribution in [1.82, 2.24) is 10.2 Å². The Balaban J connectivity index is 1.58. The first-order valence-corrected chi connectivity index (χ1v) is 8.92. The van der Waals surface area contributed by atoms with Crippen LogP contribution >= 0.6 is 0 Å². The molecule has 0 aliphatic carbocycles. The summed E-state index contributed by atoms with van der Waals surface area (Å²) in [6, 6.07) is 4.20. The molecule has 0 bridgehead atoms. The molecule has 3 unspecified atom stereocenters. The molecule has 0 spiro atoms. The van der Waals surface area contributed by atoms with Crippen LogP contribution in [0, 0.1) is 0 Å². The van der Waals surface area contributed by atoms with Gasteiger partial charge in [-0.3, -0.25) is 9.69 Å². The van der Waals surface area contributed by atoms with Crippen molar-refractivity contribution in [2.75, 3.05) is 19.7 Å². The minimum Gasteiger partial charge on any atom is -0.464 e. The molecule has 3 heterocycles. The fourth-order valence-corrected chi connectivity index (χ4v) is 3.64. The molecular weight excluding hydrogens is 292 g/mol. The molecule has 5 heteroatoms. The number of nitrogens with one attached hydrogen (secondary N) is 1. The number of carbonyl (C=O) groups is 1. The van der Waals surface area contributed by atoms with Gasteiger partial charge >= 0.3 is 0 Å². The third kappa shape index (κ3) is 3.78. The Hall–Kier alpha value is -1.33. The monoisotopic (exact) mass is 320 g/mol. The molecule has 2 aliphatic rings. The van der Waals surface area contributed by atoms with Crippen molar-refractivity contribution in [2.45, 2.75) is 64.1 Å². The van der Waals surface area contributed by atoms with Crippen LogP contribution in [0.2, 0.25) is 0 Å². The van der Waals surface area contributed by atoms with Crippen molar-refractivity contribution in [1.29, 1.82) is 0 Å². The Bertz CT molecular complexity index is 522. The van der Waals surface area contributed by atoms with Crippen molar-refractivity contribution in [3.8, 4) is 0 Å². The fraction of sp³-hybridized carbons (Fsp3) is 0.722. The molecule has 1 amide bonds. The van der Waals surface area contributed by atoms with E-state index >= 15 is 0 Å². The van der Waals surface area contributed by atoms with E-state index in [4.69, 9.17) is 9.15 Å². The van der Waals surface area contributed by atoms with E-state index in [2.05, 4.69) is 23.2 Å². The lowest BCUT2D eigenvalue weighted by Crippen LogP contribution is -2.46. The van der Waals surface area contributed by atoms with Crippen molar-refractivity contribution >= 4 is 5.91 Å². The first-order valence-electron chi connectivity index (χ1n) is 8.92. The highest BCUT2D eigenvalue weighted by atomic mass is 16.5. The molecule has 1 N–H and O–H groups in total. The number of amides is 1. The van der Waals surface area contributed by atoms with Gasteiger partial charge in [-0.05, 0) is 51.3 Å². The molecular formula is C18H28N2O3. The minimum absolute atomic E-state index is 0.0923. The van der Waals surface area contributed by atoms with Crippen LogP contribution in [-0.4, -0.2) is 42.6 Å². The summed E-state index contributed by atoms with van der Waals surface area (Å²) in [4.78, 5) is 14.8. The van der Waals surface area contributed by atoms with Gasteiger partial charge in [-0.2, -0.15) is 0 Å². The van der Waals surface area contributed by atoms with E-state index in [1.165, 1.54) is 0 Å². The summed E-state index contributed by atoms with van der Waals surface area (Å²) in [5.41, 5.74) is 0. The van der Waals surface area contributed by atoms with E-state index in [0.717, 1.165) is 56.8 Å². The largest absolute Gasteiger partial charge is 0.464 e. The van der Waals surface area contributed by atoms with Crippen LogP contribution < -0.4 is 5.32 Å². The quantitative estimate of drug-likeness (QED) is 0.875. The molecule has 2 aliphatic heterocycles. The Morgan fingerprint density at radius 3 is 2.96 bits per heavy atom. The molecule has 1 aromatic rings. The summed E-state index contributed by atoms with van der Waals surface area (Å²) in [6.07, 6.45) is 5.41. The van der Waals surface area contributed by atoms with Gasteiger partial charge in [-0.25, -0.2) is 0 Å². The molecule has 3 atom stereocenters. The average molecular weight is 320 g/mol. The maximum Gasteiger partial charge on any atom is 0.237 e. The molecule has 2 saturated heterocycles. The zero-order valence-corrected chi connectivity index (χ0v) is 14.2. The number of furan rings is 1. The van der Waals surface area contributed by atoms with Crippen molar-refractivity contribution in [3.63, 3.8) is 0 Å². The third-order valence-corrected chi connectivity index (χ3v) is 5.06. The van der Waals surface area contributed by atoms with Gasteiger partial charge in [0.2, 0.25) is 5.91 Å². The van der Waals surface area contributed by atoms with Crippen LogP contribution in [0.25, 0.3) is 0 Å². The average Bonchev–Trinajstić information content (AvgIpc) is 3.32. The predicted octanol–water partition coefficient (Wildman–Crippen LogP) is 2.66. The minimum atomic E-state index is -0.140. The lowest BCUT2D eigenvalue weighted by Gasteiger charge is -2.29. The number of rotatable bonds is 6. The van der Waals surface area contributed by atoms with E-state index in [9.17, 15) is 4.79 Å². The molecule has 2 fully saturated rings. The summed E-state index contributed by atoms with van der Waals surface area (Å²) in [5, 5.41) is 3.05. The number of hydrogen-bond acceptors (Lipinski definition) is 4. The van der Waals surface area contributed by atoms with Crippen LogP contribution in [0.5, 0.6) is 0 Å². The van der Waals surface area contributed by atoms with Gasteiger partial charge in [0.25, 0.3) is 0 Å². The van der Waals surface area contributed by atoms with Gasteiger partial charge in [-0.1, -0.05) is 6.92 Å². The molecule has 128 valence electrons. The van der Waals surface area contributed by atoms with E-state index in [-0.39, 0.29) is 24.1 Å². The van der Waals surface area contributed by atoms with Crippen molar-refractivity contribution < 1.29 is 13.9 Å². The van der Waals surface area contributed by atoms with Crippen LogP contribution in [-0.2, 0) is 16.0 Å². The molecule has 5 nitrogen and oxygen atoms in total. The smallest absolute Gasteiger partial charge is 0.237 e. The van der Waals surface area contributed by atoms with Gasteiger partial charge in [-0.15, -0.1) is 0 Å². The van der Waals surface area contributed by atoms with Gasteiger partial charge < -0.3 is 14.5 Å². The SMILES string of the molecule is CCc1ccc(C2CCCN2C(C)C(=O)NCC2CCCO2)o1. The second-order valence-electron chi connectivity index (χ2n) is 6.61. The zero-order valence-electron chi connectivity index (χ0n) is 14.2. The Morgan fingerprint density at radius 1 is 1.39 bits per heavy atom. The van der Waals surface area contributed by atoms with Gasteiger partial charge in [0.1, 0.15) is 11.5 Å². The number of hydrogen-bond donors (Lipinski definition) is 1. The first kappa shape index (κ1) is 16.5. The van der Waals surface area contributed by atoms with Crippen LogP contribution in [0.15, 0.2) is 16.5 Å². The Labute approximate surface area is 138 Å². The highest BCUT2D eigenvalue weighted by Gasteiger charge is 2.34. The first-order chi connectivity index (χ1) is 11.2. The maximum absolute atomic E-state index is 12.5. The van der Waals surface area contributed by atoms with E-state index in [1.807, 2.05) is 13.0 Å². The van der Waals surface area contributed by atoms with E-state index < -0.39 is 0 Å². The van der Waals surface area contributed by atoms with E-state index in [0.29, 0.717) is 6.54 Å². The van der Waals surface area contributed by atoms with Crippen LogP contribution in [0.1, 0.15) is 57.1 Å². The highest BCUT2D eigenvalue weighted by Crippen LogP contribution is 2.34. The Kier molecular flexibility index (Phi) is 5.38. The van der Waals surface area contributed by atoms with Gasteiger partial charge in [0, 0.05) is 19.6 Å². The molecule has 23 heavy (non-hydrogen) atoms. The lowest BCUT2D eigenvalue weighted by atomic mass is 10.1. The molecule has 0 aromatic carbocycles. The van der Waals surface area contributed by atoms with Crippen molar-refractivity contribution in [2.24, 2.45) is 0 Å². The number of likely N-dealkylation sites (tertiary alicyclic amines) is 1. The lowest BCUT2D eigenvalue weighted by molar-refractivity contribution is -0.126. The predicted molar refractivity (Wildman–Crippen MR) is 88.2 cm³/mol. The summed E-state index contributed by atoms with van der Waals surface area (Å²) in [6.45, 7) is 6.48. The summed E-state index contributed by atoms with van der Waals surface area (Å²) in [7, 11) is 0. The highest BCUT2D eigenvalue weighted by molar-refractivity contribution is 5.81. The summed E-state index contributed by atoms with van der Waals surface area (Å²) >= 11 is 0. The second kappa shape index (κ2) is 7.49. The van der Waals surface area contributed by atoms with Crippen molar-refractivity contribution in [3.05, 3.63) is 23.7 Å². The molecule has 3 rings (SSSR count). The molecule has 1 aromatic heterocycles. The number of aryl methyl sites for hydroxylation is 1. The van der Waals surface area contributed by atoms with E-state index in [1.54, 1.807) is 0 Å². The summed E-state index contributed by atoms with van der Waals surface area (Å²) < 4.78 is 11.5. The van der Waals surface area contributed by atoms with Crippen LogP contribution in [0.4, 0.5) is 0 Å². The molecule has 0 radical (unpaired) electrons. The summed E-state index contributed by atoms with van der Waals surface area (Å²) in [5.74, 6) is 2.11. The number of carbonyl (C=O) groups excluding carboxylic acids is 1. The number of ether oxygens (including phenoxy) is 1. The van der Waals surface area contributed by atoms with Crippen LogP contribution in [0.3, 0.4) is 0 Å². The number of nitrogens with zero attached hydrogens (tertiary/aromatic N) is 1. The normalized spacial score (nSPS) is 26.5. The van der Waals surface area contributed by atoms with Gasteiger partial charge in [0.05, 0.1) is 18.2 Å².